The number of carbonyl (C=O) groups is 1. The summed E-state index contributed by atoms with van der Waals surface area (Å²) in [6.45, 7) is 1.12. The number of ether oxygens (including phenoxy) is 2. The number of hydrogen-bond donors (Lipinski definition) is 3. The second-order valence-corrected chi connectivity index (χ2v) is 5.91. The lowest BCUT2D eigenvalue weighted by atomic mass is 9.99. The van der Waals surface area contributed by atoms with E-state index in [1.807, 2.05) is 24.3 Å². The number of allylic oxidation sites excluding steroid dienone is 4. The number of aromatic nitrogens is 3. The van der Waals surface area contributed by atoms with E-state index in [4.69, 9.17) is 15.5 Å². The SMILES string of the molecule is COCCNc1nc(N)nc2ccc(C3=CC=C(NC(=O)OC)CC3)nc12. The summed E-state index contributed by atoms with van der Waals surface area (Å²) >= 11 is 0. The van der Waals surface area contributed by atoms with Crippen LogP contribution in [0.3, 0.4) is 0 Å². The van der Waals surface area contributed by atoms with Crippen LogP contribution in [0.5, 0.6) is 0 Å². The van der Waals surface area contributed by atoms with Crippen LogP contribution in [0.2, 0.25) is 0 Å². The Morgan fingerprint density at radius 2 is 2.04 bits per heavy atom. The number of nitrogens with one attached hydrogen (secondary N) is 2. The smallest absolute Gasteiger partial charge is 0.411 e. The molecule has 0 saturated heterocycles. The maximum Gasteiger partial charge on any atom is 0.411 e. The van der Waals surface area contributed by atoms with Gasteiger partial charge in [0.05, 0.1) is 24.9 Å². The molecule has 1 aliphatic rings. The van der Waals surface area contributed by atoms with Crippen LogP contribution in [0.4, 0.5) is 16.6 Å². The zero-order chi connectivity index (χ0) is 19.2. The molecule has 0 spiro atoms. The van der Waals surface area contributed by atoms with Crippen LogP contribution in [0, 0.1) is 0 Å². The number of carbonyl (C=O) groups excluding carboxylic acids is 1. The summed E-state index contributed by atoms with van der Waals surface area (Å²) in [6, 6.07) is 3.79. The lowest BCUT2D eigenvalue weighted by Crippen LogP contribution is -2.23. The number of fused-ring (bicyclic) bond motifs is 1. The molecule has 0 fully saturated rings. The first-order chi connectivity index (χ1) is 13.1. The van der Waals surface area contributed by atoms with Crippen molar-refractivity contribution in [2.24, 2.45) is 0 Å². The van der Waals surface area contributed by atoms with Crippen molar-refractivity contribution in [2.45, 2.75) is 12.8 Å². The third-order valence-corrected chi connectivity index (χ3v) is 4.08. The number of nitrogens with two attached hydrogens (primary N) is 1. The van der Waals surface area contributed by atoms with Gasteiger partial charge in [-0.3, -0.25) is 5.32 Å². The van der Waals surface area contributed by atoms with Gasteiger partial charge in [0, 0.05) is 19.4 Å². The molecule has 2 aromatic rings. The van der Waals surface area contributed by atoms with E-state index >= 15 is 0 Å². The summed E-state index contributed by atoms with van der Waals surface area (Å²) in [5.41, 5.74) is 9.82. The molecule has 142 valence electrons. The lowest BCUT2D eigenvalue weighted by Gasteiger charge is -2.15. The van der Waals surface area contributed by atoms with Gasteiger partial charge in [0.2, 0.25) is 5.95 Å². The number of nitrogen functional groups attached to an aromatic ring is 1. The van der Waals surface area contributed by atoms with Crippen molar-refractivity contribution in [3.05, 3.63) is 35.7 Å². The molecule has 0 aromatic carbocycles. The molecule has 0 radical (unpaired) electrons. The van der Waals surface area contributed by atoms with Gasteiger partial charge in [-0.1, -0.05) is 6.08 Å². The van der Waals surface area contributed by atoms with Crippen molar-refractivity contribution in [2.75, 3.05) is 38.4 Å². The summed E-state index contributed by atoms with van der Waals surface area (Å²) in [5.74, 6) is 0.770. The Hall–Kier alpha value is -3.20. The van der Waals surface area contributed by atoms with Crippen LogP contribution >= 0.6 is 0 Å². The van der Waals surface area contributed by atoms with Crippen molar-refractivity contribution in [1.29, 1.82) is 0 Å². The molecule has 4 N–H and O–H groups in total. The fraction of sp³-hybridized carbons (Fsp3) is 0.333. The number of methoxy groups -OCH3 is 2. The average Bonchev–Trinajstić information content (AvgIpc) is 2.68. The maximum absolute atomic E-state index is 11.3. The molecule has 27 heavy (non-hydrogen) atoms. The standard InChI is InChI=1S/C18H22N6O3/c1-26-10-9-20-16-15-14(23-17(19)24-16)8-7-13(22-15)11-3-5-12(6-4-11)21-18(25)27-2/h3,5,7-8H,4,6,9-10H2,1-2H3,(H,21,25)(H3,19,20,23,24). The highest BCUT2D eigenvalue weighted by atomic mass is 16.5. The zero-order valence-corrected chi connectivity index (χ0v) is 15.3. The number of anilines is 2. The third kappa shape index (κ3) is 4.50. The number of rotatable bonds is 6. The molecule has 9 heteroatoms. The predicted molar refractivity (Wildman–Crippen MR) is 103 cm³/mol. The van der Waals surface area contributed by atoms with Crippen molar-refractivity contribution < 1.29 is 14.3 Å². The van der Waals surface area contributed by atoms with Crippen molar-refractivity contribution >= 4 is 34.5 Å². The fourth-order valence-corrected chi connectivity index (χ4v) is 2.74. The molecule has 0 atom stereocenters. The average molecular weight is 370 g/mol. The van der Waals surface area contributed by atoms with Crippen LogP contribution in [-0.2, 0) is 9.47 Å². The maximum atomic E-state index is 11.3. The topological polar surface area (TPSA) is 124 Å². The van der Waals surface area contributed by atoms with Gasteiger partial charge in [0.25, 0.3) is 0 Å². The van der Waals surface area contributed by atoms with E-state index < -0.39 is 6.09 Å². The predicted octanol–water partition coefficient (Wildman–Crippen LogP) is 2.08. The molecule has 1 amide bonds. The van der Waals surface area contributed by atoms with Gasteiger partial charge in [-0.05, 0) is 36.6 Å². The molecule has 9 nitrogen and oxygen atoms in total. The minimum atomic E-state index is -0.469. The van der Waals surface area contributed by atoms with E-state index in [0.717, 1.165) is 23.4 Å². The molecule has 0 unspecified atom stereocenters. The van der Waals surface area contributed by atoms with E-state index in [0.29, 0.717) is 36.4 Å². The Kier molecular flexibility index (Phi) is 5.82. The molecule has 1 aliphatic carbocycles. The van der Waals surface area contributed by atoms with Gasteiger partial charge >= 0.3 is 6.09 Å². The molecule has 0 aliphatic heterocycles. The number of amides is 1. The first kappa shape index (κ1) is 18.6. The van der Waals surface area contributed by atoms with Crippen LogP contribution in [0.25, 0.3) is 16.6 Å². The van der Waals surface area contributed by atoms with Gasteiger partial charge in [0.1, 0.15) is 5.52 Å². The Morgan fingerprint density at radius 3 is 2.74 bits per heavy atom. The van der Waals surface area contributed by atoms with Gasteiger partial charge in [0.15, 0.2) is 5.82 Å². The summed E-state index contributed by atoms with van der Waals surface area (Å²) in [7, 11) is 2.98. The van der Waals surface area contributed by atoms with E-state index in [9.17, 15) is 4.79 Å². The normalized spacial score (nSPS) is 13.7. The van der Waals surface area contributed by atoms with Gasteiger partial charge in [-0.25, -0.2) is 14.8 Å². The summed E-state index contributed by atoms with van der Waals surface area (Å²) in [6.07, 6.45) is 4.77. The minimum absolute atomic E-state index is 0.190. The highest BCUT2D eigenvalue weighted by molar-refractivity contribution is 5.87. The van der Waals surface area contributed by atoms with Crippen molar-refractivity contribution in [1.82, 2.24) is 20.3 Å². The molecule has 3 rings (SSSR count). The molecule has 2 aromatic heterocycles. The van der Waals surface area contributed by atoms with Crippen LogP contribution in [0.1, 0.15) is 18.5 Å². The number of alkyl carbamates (subject to hydrolysis) is 1. The Bertz CT molecular complexity index is 909. The van der Waals surface area contributed by atoms with Crippen molar-refractivity contribution in [3.63, 3.8) is 0 Å². The monoisotopic (exact) mass is 370 g/mol. The van der Waals surface area contributed by atoms with Crippen LogP contribution in [-0.4, -0.2) is 48.4 Å². The number of pyridine rings is 1. The van der Waals surface area contributed by atoms with Crippen molar-refractivity contribution in [3.8, 4) is 0 Å². The van der Waals surface area contributed by atoms with Crippen LogP contribution < -0.4 is 16.4 Å². The first-order valence-electron chi connectivity index (χ1n) is 8.53. The first-order valence-corrected chi connectivity index (χ1v) is 8.53. The van der Waals surface area contributed by atoms with Crippen LogP contribution in [0.15, 0.2) is 30.0 Å². The lowest BCUT2D eigenvalue weighted by molar-refractivity contribution is 0.174. The zero-order valence-electron chi connectivity index (χ0n) is 15.3. The number of nitrogens with zero attached hydrogens (tertiary/aromatic N) is 3. The second-order valence-electron chi connectivity index (χ2n) is 5.91. The van der Waals surface area contributed by atoms with E-state index in [1.54, 1.807) is 7.11 Å². The summed E-state index contributed by atoms with van der Waals surface area (Å²) in [4.78, 5) is 24.5. The largest absolute Gasteiger partial charge is 0.453 e. The van der Waals surface area contributed by atoms with Gasteiger partial charge in [-0.2, -0.15) is 4.98 Å². The van der Waals surface area contributed by atoms with Gasteiger partial charge < -0.3 is 20.5 Å². The molecular formula is C18H22N6O3. The molecule has 0 bridgehead atoms. The Morgan fingerprint density at radius 1 is 1.19 bits per heavy atom. The quantitative estimate of drug-likeness (QED) is 0.660. The van der Waals surface area contributed by atoms with Gasteiger partial charge in [-0.15, -0.1) is 0 Å². The highest BCUT2D eigenvalue weighted by Crippen LogP contribution is 2.27. The summed E-state index contributed by atoms with van der Waals surface area (Å²) < 4.78 is 9.67. The molecule has 2 heterocycles. The highest BCUT2D eigenvalue weighted by Gasteiger charge is 2.14. The minimum Gasteiger partial charge on any atom is -0.453 e. The Labute approximate surface area is 156 Å². The molecular weight excluding hydrogens is 348 g/mol. The summed E-state index contributed by atoms with van der Waals surface area (Å²) in [5, 5.41) is 5.88. The Balaban J connectivity index is 1.88. The second kappa shape index (κ2) is 8.45. The third-order valence-electron chi connectivity index (χ3n) is 4.08. The fourth-order valence-electron chi connectivity index (χ4n) is 2.74. The number of hydrogen-bond acceptors (Lipinski definition) is 8. The van der Waals surface area contributed by atoms with E-state index in [1.165, 1.54) is 7.11 Å². The van der Waals surface area contributed by atoms with E-state index in [2.05, 4.69) is 25.3 Å². The van der Waals surface area contributed by atoms with E-state index in [-0.39, 0.29) is 5.95 Å². The molecule has 0 saturated carbocycles.